The third kappa shape index (κ3) is 2.79. The van der Waals surface area contributed by atoms with Crippen LogP contribution in [0.2, 0.25) is 0 Å². The molecule has 3 N–H and O–H groups in total. The topological polar surface area (TPSA) is 70.3 Å². The van der Waals surface area contributed by atoms with Crippen LogP contribution in [0.4, 0.5) is 11.8 Å². The molecule has 104 valence electrons. The van der Waals surface area contributed by atoms with Gasteiger partial charge in [0.05, 0.1) is 5.69 Å². The fraction of sp³-hybridized carbons (Fsp3) is 0.692. The van der Waals surface area contributed by atoms with Gasteiger partial charge >= 0.3 is 0 Å². The Morgan fingerprint density at radius 1 is 1.42 bits per heavy atom. The Balaban J connectivity index is 1.69. The maximum atomic E-state index is 5.83. The Hall–Kier alpha value is -1.40. The van der Waals surface area contributed by atoms with Gasteiger partial charge in [0.25, 0.3) is 0 Å². The molecule has 3 rings (SSSR count). The third-order valence-electron chi connectivity index (χ3n) is 3.98. The monoisotopic (exact) mass is 262 g/mol. The highest BCUT2D eigenvalue weighted by molar-refractivity contribution is 5.46. The number of nitrogen functional groups attached to an aromatic ring is 1. The normalized spacial score (nSPS) is 19.8. The van der Waals surface area contributed by atoms with Crippen LogP contribution in [0.15, 0.2) is 6.07 Å². The van der Waals surface area contributed by atoms with Gasteiger partial charge < -0.3 is 16.0 Å². The number of anilines is 2. The molecule has 1 aliphatic carbocycles. The van der Waals surface area contributed by atoms with Gasteiger partial charge in [-0.2, -0.15) is 4.98 Å². The number of nitrogens with one attached hydrogen (secondary N) is 1. The summed E-state index contributed by atoms with van der Waals surface area (Å²) in [7, 11) is 4.14. The first-order valence-electron chi connectivity index (χ1n) is 6.91. The molecule has 0 atom stereocenters. The summed E-state index contributed by atoms with van der Waals surface area (Å²) in [5, 5.41) is 3.26. The van der Waals surface area contributed by atoms with Gasteiger partial charge in [-0.15, -0.1) is 0 Å². The molecule has 0 amide bonds. The minimum absolute atomic E-state index is 0.379. The van der Waals surface area contributed by atoms with E-state index < -0.39 is 0 Å². The van der Waals surface area contributed by atoms with Crippen molar-refractivity contribution in [1.82, 2.24) is 20.2 Å². The van der Waals surface area contributed by atoms with E-state index in [1.807, 2.05) is 7.05 Å². The molecule has 19 heavy (non-hydrogen) atoms. The number of nitrogens with zero attached hydrogens (tertiary/aromatic N) is 4. The van der Waals surface area contributed by atoms with Crippen molar-refractivity contribution in [2.75, 3.05) is 37.8 Å². The highest BCUT2D eigenvalue weighted by atomic mass is 15.3. The van der Waals surface area contributed by atoms with Crippen molar-refractivity contribution >= 4 is 11.8 Å². The molecule has 2 aliphatic rings. The Bertz CT molecular complexity index is 452. The smallest absolute Gasteiger partial charge is 0.222 e. The van der Waals surface area contributed by atoms with E-state index in [9.17, 15) is 0 Å². The van der Waals surface area contributed by atoms with Gasteiger partial charge in [0.2, 0.25) is 5.95 Å². The van der Waals surface area contributed by atoms with E-state index in [0.29, 0.717) is 12.0 Å². The summed E-state index contributed by atoms with van der Waals surface area (Å²) >= 11 is 0. The average molecular weight is 262 g/mol. The van der Waals surface area contributed by atoms with E-state index in [1.54, 1.807) is 0 Å². The maximum Gasteiger partial charge on any atom is 0.222 e. The summed E-state index contributed by atoms with van der Waals surface area (Å²) in [6.07, 6.45) is 2.61. The Morgan fingerprint density at radius 2 is 2.16 bits per heavy atom. The predicted octanol–water partition coefficient (Wildman–Crippen LogP) is 0.0610. The van der Waals surface area contributed by atoms with Crippen molar-refractivity contribution in [2.45, 2.75) is 31.5 Å². The lowest BCUT2D eigenvalue weighted by atomic mass is 10.1. The van der Waals surface area contributed by atoms with E-state index in [0.717, 1.165) is 37.2 Å². The molecule has 0 aromatic carbocycles. The van der Waals surface area contributed by atoms with Crippen molar-refractivity contribution in [2.24, 2.45) is 0 Å². The molecule has 0 bridgehead atoms. The zero-order valence-corrected chi connectivity index (χ0v) is 11.6. The van der Waals surface area contributed by atoms with Gasteiger partial charge in [-0.3, -0.25) is 4.90 Å². The standard InChI is InChI=1S/C13H22N6/c1-15-10-7-19(8-10)12-5-9(16-13(14)17-12)6-18(2)11-3-4-11/h5,10-11,15H,3-4,6-8H2,1-2H3,(H2,14,16,17). The van der Waals surface area contributed by atoms with Crippen LogP contribution in [-0.4, -0.2) is 54.1 Å². The van der Waals surface area contributed by atoms with Gasteiger partial charge in [0.1, 0.15) is 5.82 Å². The minimum atomic E-state index is 0.379. The quantitative estimate of drug-likeness (QED) is 0.782. The SMILES string of the molecule is CNC1CN(c2cc(CN(C)C3CC3)nc(N)n2)C1. The molecule has 0 unspecified atom stereocenters. The first-order valence-corrected chi connectivity index (χ1v) is 6.91. The highest BCUT2D eigenvalue weighted by Crippen LogP contribution is 2.27. The second kappa shape index (κ2) is 4.94. The molecule has 1 aliphatic heterocycles. The molecule has 1 saturated heterocycles. The summed E-state index contributed by atoms with van der Waals surface area (Å²) in [5.41, 5.74) is 6.85. The molecule has 6 nitrogen and oxygen atoms in total. The van der Waals surface area contributed by atoms with E-state index in [-0.39, 0.29) is 0 Å². The number of hydrogen-bond acceptors (Lipinski definition) is 6. The molecule has 1 aromatic rings. The van der Waals surface area contributed by atoms with Crippen LogP contribution >= 0.6 is 0 Å². The maximum absolute atomic E-state index is 5.83. The first-order chi connectivity index (χ1) is 9.15. The van der Waals surface area contributed by atoms with Crippen LogP contribution in [0.25, 0.3) is 0 Å². The van der Waals surface area contributed by atoms with E-state index in [2.05, 4.69) is 38.2 Å². The fourth-order valence-corrected chi connectivity index (χ4v) is 2.49. The summed E-state index contributed by atoms with van der Waals surface area (Å²) in [6, 6.07) is 3.37. The lowest BCUT2D eigenvalue weighted by Gasteiger charge is -2.40. The molecule has 1 aromatic heterocycles. The molecule has 0 spiro atoms. The molecule has 6 heteroatoms. The summed E-state index contributed by atoms with van der Waals surface area (Å²) in [6.45, 7) is 2.84. The van der Waals surface area contributed by atoms with Gasteiger partial charge in [0.15, 0.2) is 0 Å². The Labute approximate surface area is 114 Å². The van der Waals surface area contributed by atoms with E-state index >= 15 is 0 Å². The fourth-order valence-electron chi connectivity index (χ4n) is 2.49. The third-order valence-corrected chi connectivity index (χ3v) is 3.98. The summed E-state index contributed by atoms with van der Waals surface area (Å²) in [4.78, 5) is 13.3. The Morgan fingerprint density at radius 3 is 2.79 bits per heavy atom. The van der Waals surface area contributed by atoms with E-state index in [1.165, 1.54) is 12.8 Å². The van der Waals surface area contributed by atoms with Crippen LogP contribution in [0, 0.1) is 0 Å². The number of hydrogen-bond donors (Lipinski definition) is 2. The molecule has 1 saturated carbocycles. The minimum Gasteiger partial charge on any atom is -0.368 e. The number of nitrogens with two attached hydrogens (primary N) is 1. The van der Waals surface area contributed by atoms with Crippen molar-refractivity contribution in [1.29, 1.82) is 0 Å². The largest absolute Gasteiger partial charge is 0.368 e. The second-order valence-corrected chi connectivity index (χ2v) is 5.61. The lowest BCUT2D eigenvalue weighted by Crippen LogP contribution is -2.57. The number of likely N-dealkylation sites (N-methyl/N-ethyl adjacent to an activating group) is 1. The second-order valence-electron chi connectivity index (χ2n) is 5.61. The summed E-state index contributed by atoms with van der Waals surface area (Å²) in [5.74, 6) is 1.34. The van der Waals surface area contributed by atoms with Crippen molar-refractivity contribution < 1.29 is 0 Å². The van der Waals surface area contributed by atoms with Crippen molar-refractivity contribution in [3.63, 3.8) is 0 Å². The molecule has 2 fully saturated rings. The molecule has 2 heterocycles. The van der Waals surface area contributed by atoms with Crippen LogP contribution in [0.3, 0.4) is 0 Å². The van der Waals surface area contributed by atoms with Gasteiger partial charge in [-0.1, -0.05) is 0 Å². The lowest BCUT2D eigenvalue weighted by molar-refractivity contribution is 0.312. The predicted molar refractivity (Wildman–Crippen MR) is 76.0 cm³/mol. The van der Waals surface area contributed by atoms with Crippen LogP contribution in [-0.2, 0) is 6.54 Å². The van der Waals surface area contributed by atoms with Crippen molar-refractivity contribution in [3.05, 3.63) is 11.8 Å². The van der Waals surface area contributed by atoms with Crippen LogP contribution < -0.4 is 16.0 Å². The zero-order chi connectivity index (χ0) is 13.4. The van der Waals surface area contributed by atoms with E-state index in [4.69, 9.17) is 5.73 Å². The summed E-state index contributed by atoms with van der Waals surface area (Å²) < 4.78 is 0. The average Bonchev–Trinajstić information content (AvgIpc) is 3.10. The van der Waals surface area contributed by atoms with Crippen LogP contribution in [0.1, 0.15) is 18.5 Å². The molecular weight excluding hydrogens is 240 g/mol. The van der Waals surface area contributed by atoms with Gasteiger partial charge in [0, 0.05) is 37.8 Å². The molecular formula is C13H22N6. The van der Waals surface area contributed by atoms with Crippen molar-refractivity contribution in [3.8, 4) is 0 Å². The zero-order valence-electron chi connectivity index (χ0n) is 11.6. The number of aromatic nitrogens is 2. The molecule has 0 radical (unpaired) electrons. The van der Waals surface area contributed by atoms with Gasteiger partial charge in [-0.25, -0.2) is 4.98 Å². The van der Waals surface area contributed by atoms with Crippen LogP contribution in [0.5, 0.6) is 0 Å². The Kier molecular flexibility index (Phi) is 3.28. The van der Waals surface area contributed by atoms with Gasteiger partial charge in [-0.05, 0) is 26.9 Å². The highest BCUT2D eigenvalue weighted by Gasteiger charge is 2.28. The first kappa shape index (κ1) is 12.6. The number of rotatable bonds is 5.